The first-order valence-electron chi connectivity index (χ1n) is 6.72. The van der Waals surface area contributed by atoms with Crippen LogP contribution in [-0.4, -0.2) is 20.5 Å². The molecule has 2 aromatic carbocycles. The number of sulfonamides is 1. The highest BCUT2D eigenvalue weighted by atomic mass is 32.2. The number of anilines is 2. The molecule has 1 heterocycles. The molecule has 3 rings (SSSR count). The van der Waals surface area contributed by atoms with E-state index in [1.54, 1.807) is 30.3 Å². The van der Waals surface area contributed by atoms with Crippen LogP contribution in [0.1, 0.15) is 5.56 Å². The van der Waals surface area contributed by atoms with Crippen LogP contribution in [0.5, 0.6) is 0 Å². The lowest BCUT2D eigenvalue weighted by atomic mass is 10.2. The Hall–Kier alpha value is -2.38. The zero-order valence-electron chi connectivity index (χ0n) is 11.8. The van der Waals surface area contributed by atoms with E-state index in [0.717, 1.165) is 5.56 Å². The molecule has 114 valence electrons. The van der Waals surface area contributed by atoms with Gasteiger partial charge in [0.15, 0.2) is 6.17 Å². The van der Waals surface area contributed by atoms with Gasteiger partial charge in [0.25, 0.3) is 5.91 Å². The maximum absolute atomic E-state index is 12.3. The van der Waals surface area contributed by atoms with Gasteiger partial charge in [-0.25, -0.2) is 8.42 Å². The first-order valence-corrected chi connectivity index (χ1v) is 8.20. The summed E-state index contributed by atoms with van der Waals surface area (Å²) in [5.41, 5.74) is 1.95. The first-order chi connectivity index (χ1) is 10.5. The molecule has 1 atom stereocenters. The van der Waals surface area contributed by atoms with Gasteiger partial charge >= 0.3 is 0 Å². The average Bonchev–Trinajstić information content (AvgIpc) is 2.49. The van der Waals surface area contributed by atoms with E-state index in [9.17, 15) is 13.2 Å². The van der Waals surface area contributed by atoms with Crippen molar-refractivity contribution in [1.29, 1.82) is 0 Å². The highest BCUT2D eigenvalue weighted by Gasteiger charge is 2.32. The largest absolute Gasteiger partial charge is 0.360 e. The Bertz CT molecular complexity index is 833. The van der Waals surface area contributed by atoms with E-state index in [2.05, 4.69) is 15.4 Å². The number of carbonyl (C=O) groups is 1. The molecular weight excluding hydrogens is 302 g/mol. The summed E-state index contributed by atoms with van der Waals surface area (Å²) in [6.07, 6.45) is -1.06. The molecule has 0 aromatic heterocycles. The fraction of sp³-hybridized carbons (Fsp3) is 0.133. The van der Waals surface area contributed by atoms with Gasteiger partial charge in [-0.3, -0.25) is 4.79 Å². The fourth-order valence-corrected chi connectivity index (χ4v) is 3.54. The topological polar surface area (TPSA) is 87.3 Å². The second-order valence-corrected chi connectivity index (χ2v) is 6.68. The van der Waals surface area contributed by atoms with Gasteiger partial charge in [0.2, 0.25) is 10.0 Å². The molecule has 0 fully saturated rings. The van der Waals surface area contributed by atoms with Crippen molar-refractivity contribution in [1.82, 2.24) is 4.72 Å². The number of benzene rings is 2. The Kier molecular flexibility index (Phi) is 3.59. The molecule has 0 saturated heterocycles. The minimum atomic E-state index is -3.71. The van der Waals surface area contributed by atoms with Gasteiger partial charge in [0.05, 0.1) is 5.69 Å². The minimum absolute atomic E-state index is 0.134. The third-order valence-electron chi connectivity index (χ3n) is 3.41. The van der Waals surface area contributed by atoms with Crippen molar-refractivity contribution < 1.29 is 13.2 Å². The predicted molar refractivity (Wildman–Crippen MR) is 84.0 cm³/mol. The summed E-state index contributed by atoms with van der Waals surface area (Å²) >= 11 is 0. The van der Waals surface area contributed by atoms with Crippen molar-refractivity contribution in [3.8, 4) is 0 Å². The number of para-hydroxylation sites is 2. The Labute approximate surface area is 128 Å². The molecule has 0 unspecified atom stereocenters. The summed E-state index contributed by atoms with van der Waals surface area (Å²) in [7, 11) is -3.71. The Morgan fingerprint density at radius 2 is 1.77 bits per heavy atom. The van der Waals surface area contributed by atoms with Crippen LogP contribution in [-0.2, 0) is 14.8 Å². The molecule has 0 radical (unpaired) electrons. The quantitative estimate of drug-likeness (QED) is 0.786. The molecule has 1 aliphatic rings. The minimum Gasteiger partial charge on any atom is -0.360 e. The van der Waals surface area contributed by atoms with Crippen LogP contribution in [0.15, 0.2) is 53.4 Å². The zero-order chi connectivity index (χ0) is 15.7. The van der Waals surface area contributed by atoms with Crippen molar-refractivity contribution in [2.24, 2.45) is 0 Å². The van der Waals surface area contributed by atoms with Crippen LogP contribution >= 0.6 is 0 Å². The monoisotopic (exact) mass is 317 g/mol. The summed E-state index contributed by atoms with van der Waals surface area (Å²) in [6, 6.07) is 13.7. The lowest BCUT2D eigenvalue weighted by Gasteiger charge is -2.27. The summed E-state index contributed by atoms with van der Waals surface area (Å²) < 4.78 is 26.7. The number of fused-ring (bicyclic) bond motifs is 1. The average molecular weight is 317 g/mol. The van der Waals surface area contributed by atoms with E-state index in [4.69, 9.17) is 0 Å². The van der Waals surface area contributed by atoms with E-state index in [0.29, 0.717) is 11.4 Å². The van der Waals surface area contributed by atoms with Crippen LogP contribution in [0.4, 0.5) is 11.4 Å². The number of rotatable bonds is 2. The van der Waals surface area contributed by atoms with Crippen molar-refractivity contribution in [3.05, 3.63) is 54.1 Å². The number of hydrogen-bond donors (Lipinski definition) is 3. The van der Waals surface area contributed by atoms with Gasteiger partial charge in [-0.2, -0.15) is 4.72 Å². The third kappa shape index (κ3) is 2.68. The second-order valence-electron chi connectivity index (χ2n) is 5.00. The fourth-order valence-electron chi connectivity index (χ4n) is 2.26. The molecule has 1 amide bonds. The van der Waals surface area contributed by atoms with Crippen LogP contribution in [0.2, 0.25) is 0 Å². The van der Waals surface area contributed by atoms with Crippen LogP contribution in [0, 0.1) is 6.92 Å². The first kappa shape index (κ1) is 14.6. The molecule has 0 saturated carbocycles. The Balaban J connectivity index is 1.85. The molecule has 0 bridgehead atoms. The van der Waals surface area contributed by atoms with E-state index < -0.39 is 22.1 Å². The van der Waals surface area contributed by atoms with Crippen molar-refractivity contribution in [2.45, 2.75) is 18.0 Å². The van der Waals surface area contributed by atoms with Crippen molar-refractivity contribution in [3.63, 3.8) is 0 Å². The highest BCUT2D eigenvalue weighted by molar-refractivity contribution is 7.89. The van der Waals surface area contributed by atoms with Gasteiger partial charge in [-0.05, 0) is 30.7 Å². The third-order valence-corrected chi connectivity index (χ3v) is 4.90. The molecule has 6 nitrogen and oxygen atoms in total. The van der Waals surface area contributed by atoms with Gasteiger partial charge in [-0.15, -0.1) is 0 Å². The number of amides is 1. The normalized spacial score (nSPS) is 18.9. The Morgan fingerprint density at radius 3 is 2.55 bits per heavy atom. The van der Waals surface area contributed by atoms with E-state index in [1.807, 2.05) is 19.1 Å². The van der Waals surface area contributed by atoms with E-state index in [1.165, 1.54) is 6.07 Å². The summed E-state index contributed by atoms with van der Waals surface area (Å²) in [5, 5.41) is 5.61. The predicted octanol–water partition coefficient (Wildman–Crippen LogP) is 1.66. The summed E-state index contributed by atoms with van der Waals surface area (Å²) in [5.74, 6) is -0.465. The molecule has 2 aromatic rings. The molecule has 0 aliphatic carbocycles. The van der Waals surface area contributed by atoms with Gasteiger partial charge in [0, 0.05) is 5.69 Å². The molecule has 1 aliphatic heterocycles. The van der Waals surface area contributed by atoms with Gasteiger partial charge in [0.1, 0.15) is 4.90 Å². The standard InChI is InChI=1S/C15H15N3O3S/c1-10-6-2-3-7-11(10)17-15(19)14-16-12-8-4-5-9-13(12)22(20,21)18-14/h2-9,14,16,18H,1H3,(H,17,19)/t14-/m0/s1. The van der Waals surface area contributed by atoms with Crippen molar-refractivity contribution >= 4 is 27.3 Å². The number of aryl methyl sites for hydroxylation is 1. The maximum atomic E-state index is 12.3. The number of hydrogen-bond acceptors (Lipinski definition) is 4. The molecule has 3 N–H and O–H groups in total. The Morgan fingerprint density at radius 1 is 1.09 bits per heavy atom. The lowest BCUT2D eigenvalue weighted by molar-refractivity contribution is -0.117. The maximum Gasteiger partial charge on any atom is 0.262 e. The molecule has 7 heteroatoms. The van der Waals surface area contributed by atoms with Crippen molar-refractivity contribution in [2.75, 3.05) is 10.6 Å². The molecular formula is C15H15N3O3S. The second kappa shape index (κ2) is 5.43. The SMILES string of the molecule is Cc1ccccc1NC(=O)[C@H]1Nc2ccccc2S(=O)(=O)N1. The lowest BCUT2D eigenvalue weighted by Crippen LogP contribution is -2.51. The molecule has 0 spiro atoms. The summed E-state index contributed by atoms with van der Waals surface area (Å²) in [4.78, 5) is 12.5. The van der Waals surface area contributed by atoms with Gasteiger partial charge < -0.3 is 10.6 Å². The highest BCUT2D eigenvalue weighted by Crippen LogP contribution is 2.25. The van der Waals surface area contributed by atoms with Crippen LogP contribution in [0.25, 0.3) is 0 Å². The summed E-state index contributed by atoms with van der Waals surface area (Å²) in [6.45, 7) is 1.86. The number of nitrogens with one attached hydrogen (secondary N) is 3. The zero-order valence-corrected chi connectivity index (χ0v) is 12.6. The van der Waals surface area contributed by atoms with E-state index >= 15 is 0 Å². The van der Waals surface area contributed by atoms with Gasteiger partial charge in [-0.1, -0.05) is 30.3 Å². The van der Waals surface area contributed by atoms with Crippen LogP contribution in [0.3, 0.4) is 0 Å². The van der Waals surface area contributed by atoms with Crippen LogP contribution < -0.4 is 15.4 Å². The smallest absolute Gasteiger partial charge is 0.262 e. The number of carbonyl (C=O) groups excluding carboxylic acids is 1. The van der Waals surface area contributed by atoms with E-state index in [-0.39, 0.29) is 4.90 Å². The molecule has 22 heavy (non-hydrogen) atoms.